The highest BCUT2D eigenvalue weighted by Gasteiger charge is 2.21. The van der Waals surface area contributed by atoms with Gasteiger partial charge in [-0.15, -0.1) is 0 Å². The van der Waals surface area contributed by atoms with Gasteiger partial charge in [-0.05, 0) is 43.4 Å². The molecular weight excluding hydrogens is 396 g/mol. The molecule has 0 unspecified atom stereocenters. The van der Waals surface area contributed by atoms with Gasteiger partial charge in [-0.3, -0.25) is 14.3 Å². The number of pyridine rings is 1. The summed E-state index contributed by atoms with van der Waals surface area (Å²) in [5, 5.41) is 3.62. The molecule has 1 aromatic carbocycles. The number of fused-ring (bicyclic) bond motifs is 1. The zero-order valence-electron chi connectivity index (χ0n) is 16.7. The molecule has 3 aromatic rings. The maximum absolute atomic E-state index is 12.8. The molecule has 1 N–H and O–H groups in total. The number of benzene rings is 1. The lowest BCUT2D eigenvalue weighted by Gasteiger charge is -2.22. The van der Waals surface area contributed by atoms with Crippen LogP contribution in [0, 0.1) is 0 Å². The van der Waals surface area contributed by atoms with Crippen molar-refractivity contribution in [3.05, 3.63) is 87.7 Å². The Bertz CT molecular complexity index is 1070. The fourth-order valence-corrected chi connectivity index (χ4v) is 4.57. The number of rotatable bonds is 7. The summed E-state index contributed by atoms with van der Waals surface area (Å²) in [6.07, 6.45) is 5.61. The Morgan fingerprint density at radius 3 is 2.67 bits per heavy atom. The third kappa shape index (κ3) is 4.97. The molecule has 1 aliphatic carbocycles. The average Bonchev–Trinajstić information content (AvgIpc) is 2.80. The summed E-state index contributed by atoms with van der Waals surface area (Å²) in [5.74, 6) is 0.184. The lowest BCUT2D eigenvalue weighted by molar-refractivity contribution is -0.118. The smallest absolute Gasteiger partial charge is 0.349 e. The Labute approximate surface area is 179 Å². The summed E-state index contributed by atoms with van der Waals surface area (Å²) in [7, 11) is 0. The van der Waals surface area contributed by atoms with Gasteiger partial charge in [0.05, 0.1) is 18.0 Å². The predicted molar refractivity (Wildman–Crippen MR) is 117 cm³/mol. The van der Waals surface area contributed by atoms with Crippen LogP contribution in [0.25, 0.3) is 0 Å². The summed E-state index contributed by atoms with van der Waals surface area (Å²) in [6.45, 7) is 0.926. The molecule has 2 heterocycles. The third-order valence-electron chi connectivity index (χ3n) is 5.17. The number of carbonyl (C=O) groups is 1. The molecule has 30 heavy (non-hydrogen) atoms. The lowest BCUT2D eigenvalue weighted by Crippen LogP contribution is -2.31. The highest BCUT2D eigenvalue weighted by atomic mass is 32.2. The second-order valence-electron chi connectivity index (χ2n) is 7.29. The summed E-state index contributed by atoms with van der Waals surface area (Å²) in [4.78, 5) is 33.8. The Balaban J connectivity index is 1.48. The first-order chi connectivity index (χ1) is 14.7. The van der Waals surface area contributed by atoms with Crippen LogP contribution >= 0.6 is 11.8 Å². The zero-order valence-corrected chi connectivity index (χ0v) is 17.5. The Hall–Kier alpha value is -2.93. The van der Waals surface area contributed by atoms with Gasteiger partial charge < -0.3 is 5.32 Å². The number of amides is 1. The molecule has 154 valence electrons. The minimum atomic E-state index is -0.270. The fraction of sp³-hybridized carbons (Fsp3) is 0.304. The monoisotopic (exact) mass is 420 g/mol. The van der Waals surface area contributed by atoms with Gasteiger partial charge in [-0.1, -0.05) is 48.2 Å². The van der Waals surface area contributed by atoms with E-state index in [1.165, 1.54) is 11.8 Å². The van der Waals surface area contributed by atoms with Gasteiger partial charge in [0.15, 0.2) is 0 Å². The Morgan fingerprint density at radius 1 is 1.07 bits per heavy atom. The van der Waals surface area contributed by atoms with Crippen molar-refractivity contribution < 1.29 is 4.79 Å². The molecule has 7 heteroatoms. The van der Waals surface area contributed by atoms with E-state index in [1.807, 2.05) is 48.5 Å². The molecule has 0 spiro atoms. The number of carbonyl (C=O) groups excluding carboxylic acids is 1. The van der Waals surface area contributed by atoms with Gasteiger partial charge in [0.1, 0.15) is 5.03 Å². The fourth-order valence-electron chi connectivity index (χ4n) is 3.67. The largest absolute Gasteiger partial charge is 0.351 e. The lowest BCUT2D eigenvalue weighted by atomic mass is 9.97. The van der Waals surface area contributed by atoms with Crippen LogP contribution in [0.3, 0.4) is 0 Å². The van der Waals surface area contributed by atoms with E-state index in [9.17, 15) is 9.59 Å². The third-order valence-corrected chi connectivity index (χ3v) is 6.19. The van der Waals surface area contributed by atoms with Crippen molar-refractivity contribution in [3.63, 3.8) is 0 Å². The Kier molecular flexibility index (Phi) is 6.59. The highest BCUT2D eigenvalue weighted by Crippen LogP contribution is 2.28. The summed E-state index contributed by atoms with van der Waals surface area (Å²) in [5.41, 5.74) is 3.78. The topological polar surface area (TPSA) is 76.9 Å². The summed E-state index contributed by atoms with van der Waals surface area (Å²) < 4.78 is 1.75. The number of nitrogens with one attached hydrogen (secondary N) is 1. The SMILES string of the molecule is O=C(CSc1nc(=O)n(Cc2ccccn2)c2c1CCCC2)NCc1ccccc1. The molecule has 4 rings (SSSR count). The molecule has 0 atom stereocenters. The van der Waals surface area contributed by atoms with Crippen LogP contribution in [0.15, 0.2) is 64.5 Å². The van der Waals surface area contributed by atoms with Gasteiger partial charge in [0.2, 0.25) is 5.91 Å². The second kappa shape index (κ2) is 9.71. The molecule has 6 nitrogen and oxygen atoms in total. The highest BCUT2D eigenvalue weighted by molar-refractivity contribution is 7.99. The molecule has 0 fully saturated rings. The quantitative estimate of drug-likeness (QED) is 0.470. The second-order valence-corrected chi connectivity index (χ2v) is 8.25. The number of nitrogens with zero attached hydrogens (tertiary/aromatic N) is 3. The van der Waals surface area contributed by atoms with E-state index in [1.54, 1.807) is 10.8 Å². The van der Waals surface area contributed by atoms with E-state index < -0.39 is 0 Å². The van der Waals surface area contributed by atoms with Gasteiger partial charge in [0.25, 0.3) is 0 Å². The first-order valence-electron chi connectivity index (χ1n) is 10.2. The molecule has 1 amide bonds. The molecule has 0 aliphatic heterocycles. The zero-order chi connectivity index (χ0) is 20.8. The molecule has 0 saturated carbocycles. The molecule has 0 saturated heterocycles. The minimum absolute atomic E-state index is 0.0622. The van der Waals surface area contributed by atoms with Gasteiger partial charge >= 0.3 is 5.69 Å². The number of hydrogen-bond acceptors (Lipinski definition) is 5. The van der Waals surface area contributed by atoms with Crippen molar-refractivity contribution in [2.45, 2.75) is 43.8 Å². The standard InChI is InChI=1S/C23H24N4O2S/c28-21(25-14-17-8-2-1-3-9-17)16-30-22-19-11-4-5-12-20(19)27(23(29)26-22)15-18-10-6-7-13-24-18/h1-3,6-10,13H,4-5,11-12,14-16H2,(H,25,28). The van der Waals surface area contributed by atoms with Crippen molar-refractivity contribution in [1.82, 2.24) is 19.9 Å². The van der Waals surface area contributed by atoms with Gasteiger partial charge in [-0.25, -0.2) is 4.79 Å². The van der Waals surface area contributed by atoms with Crippen LogP contribution in [-0.2, 0) is 30.7 Å². The van der Waals surface area contributed by atoms with E-state index in [2.05, 4.69) is 15.3 Å². The van der Waals surface area contributed by atoms with Crippen molar-refractivity contribution in [1.29, 1.82) is 0 Å². The van der Waals surface area contributed by atoms with E-state index in [4.69, 9.17) is 0 Å². The predicted octanol–water partition coefficient (Wildman–Crippen LogP) is 2.97. The van der Waals surface area contributed by atoms with Crippen LogP contribution in [0.2, 0.25) is 0 Å². The minimum Gasteiger partial charge on any atom is -0.351 e. The number of thioether (sulfide) groups is 1. The van der Waals surface area contributed by atoms with Crippen LogP contribution in [0.1, 0.15) is 35.4 Å². The summed E-state index contributed by atoms with van der Waals surface area (Å²) in [6, 6.07) is 15.5. The van der Waals surface area contributed by atoms with Gasteiger partial charge in [-0.2, -0.15) is 4.98 Å². The van der Waals surface area contributed by atoms with E-state index >= 15 is 0 Å². The molecule has 2 aromatic heterocycles. The van der Waals surface area contributed by atoms with Crippen LogP contribution < -0.4 is 11.0 Å². The normalized spacial score (nSPS) is 12.9. The van der Waals surface area contributed by atoms with Crippen LogP contribution in [-0.4, -0.2) is 26.2 Å². The average molecular weight is 421 g/mol. The summed E-state index contributed by atoms with van der Waals surface area (Å²) >= 11 is 1.36. The molecule has 0 bridgehead atoms. The van der Waals surface area contributed by atoms with E-state index in [0.717, 1.165) is 48.2 Å². The molecular formula is C23H24N4O2S. The number of aromatic nitrogens is 3. The first-order valence-corrected chi connectivity index (χ1v) is 11.1. The van der Waals surface area contributed by atoms with Crippen molar-refractivity contribution in [3.8, 4) is 0 Å². The molecule has 0 radical (unpaired) electrons. The maximum atomic E-state index is 12.8. The molecule has 1 aliphatic rings. The van der Waals surface area contributed by atoms with Gasteiger partial charge in [0, 0.05) is 24.0 Å². The van der Waals surface area contributed by atoms with Crippen molar-refractivity contribution >= 4 is 17.7 Å². The van der Waals surface area contributed by atoms with Crippen LogP contribution in [0.4, 0.5) is 0 Å². The van der Waals surface area contributed by atoms with Crippen LogP contribution in [0.5, 0.6) is 0 Å². The first kappa shape index (κ1) is 20.3. The van der Waals surface area contributed by atoms with E-state index in [-0.39, 0.29) is 17.3 Å². The maximum Gasteiger partial charge on any atom is 0.349 e. The van der Waals surface area contributed by atoms with E-state index in [0.29, 0.717) is 18.1 Å². The number of hydrogen-bond donors (Lipinski definition) is 1. The Morgan fingerprint density at radius 2 is 1.87 bits per heavy atom. The van der Waals surface area contributed by atoms with Crippen molar-refractivity contribution in [2.75, 3.05) is 5.75 Å². The van der Waals surface area contributed by atoms with Crippen molar-refractivity contribution in [2.24, 2.45) is 0 Å².